The van der Waals surface area contributed by atoms with Crippen LogP contribution in [-0.4, -0.2) is 23.2 Å². The average Bonchev–Trinajstić information content (AvgIpc) is 2.60. The first-order chi connectivity index (χ1) is 11.6. The number of methoxy groups -OCH3 is 1. The lowest BCUT2D eigenvalue weighted by Gasteiger charge is -2.12. The predicted molar refractivity (Wildman–Crippen MR) is 94.4 cm³/mol. The number of benzene rings is 2. The molecule has 0 saturated heterocycles. The Morgan fingerprint density at radius 1 is 1.21 bits per heavy atom. The summed E-state index contributed by atoms with van der Waals surface area (Å²) in [5.41, 5.74) is 2.79. The van der Waals surface area contributed by atoms with Crippen LogP contribution in [0.1, 0.15) is 22.8 Å². The maximum Gasteiger partial charge on any atom is 0.339 e. The summed E-state index contributed by atoms with van der Waals surface area (Å²) in [4.78, 5) is 16.1. The van der Waals surface area contributed by atoms with E-state index in [2.05, 4.69) is 17.2 Å². The number of nitrogens with one attached hydrogen (secondary N) is 1. The number of ether oxygens (including phenoxy) is 1. The number of hydrogen-bond donors (Lipinski definition) is 2. The van der Waals surface area contributed by atoms with Gasteiger partial charge in [-0.3, -0.25) is 0 Å². The number of carboxylic acids is 1. The van der Waals surface area contributed by atoms with Crippen LogP contribution in [0.3, 0.4) is 0 Å². The number of aryl methyl sites for hydroxylation is 1. The van der Waals surface area contributed by atoms with Crippen LogP contribution in [0.4, 0.5) is 11.5 Å². The summed E-state index contributed by atoms with van der Waals surface area (Å²) in [6, 6.07) is 14.8. The van der Waals surface area contributed by atoms with Gasteiger partial charge in [0, 0.05) is 17.1 Å². The van der Waals surface area contributed by atoms with Gasteiger partial charge in [0.05, 0.1) is 12.6 Å². The van der Waals surface area contributed by atoms with Gasteiger partial charge in [-0.15, -0.1) is 0 Å². The molecule has 5 nitrogen and oxygen atoms in total. The number of rotatable bonds is 5. The molecule has 24 heavy (non-hydrogen) atoms. The number of aromatic nitrogens is 1. The Bertz CT molecular complexity index is 906. The molecule has 3 rings (SSSR count). The zero-order valence-corrected chi connectivity index (χ0v) is 13.5. The van der Waals surface area contributed by atoms with Crippen molar-refractivity contribution in [2.75, 3.05) is 12.4 Å². The molecular formula is C19H18N2O3. The standard InChI is InChI=1S/C19H18N2O3/c1-3-12-5-4-6-14(9-12)20-18-16(19(22)23)10-13-7-8-15(24-2)11-17(13)21-18/h4-11H,3H2,1-2H3,(H,20,21)(H,22,23). The quantitative estimate of drug-likeness (QED) is 0.735. The fourth-order valence-electron chi connectivity index (χ4n) is 2.54. The van der Waals surface area contributed by atoms with E-state index in [4.69, 9.17) is 4.74 Å². The van der Waals surface area contributed by atoms with Crippen molar-refractivity contribution >= 4 is 28.4 Å². The summed E-state index contributed by atoms with van der Waals surface area (Å²) in [5.74, 6) is -0.0251. The molecule has 0 bridgehead atoms. The second-order valence-corrected chi connectivity index (χ2v) is 5.43. The summed E-state index contributed by atoms with van der Waals surface area (Å²) in [6.07, 6.45) is 0.906. The first-order valence-corrected chi connectivity index (χ1v) is 7.68. The molecular weight excluding hydrogens is 304 g/mol. The number of fused-ring (bicyclic) bond motifs is 1. The minimum absolute atomic E-state index is 0.134. The largest absolute Gasteiger partial charge is 0.497 e. The van der Waals surface area contributed by atoms with Gasteiger partial charge in [0.15, 0.2) is 0 Å². The highest BCUT2D eigenvalue weighted by atomic mass is 16.5. The van der Waals surface area contributed by atoms with Crippen molar-refractivity contribution in [2.45, 2.75) is 13.3 Å². The maximum absolute atomic E-state index is 11.6. The topological polar surface area (TPSA) is 71.5 Å². The van der Waals surface area contributed by atoms with Gasteiger partial charge in [-0.2, -0.15) is 0 Å². The van der Waals surface area contributed by atoms with E-state index in [-0.39, 0.29) is 5.56 Å². The third-order valence-electron chi connectivity index (χ3n) is 3.85. The Morgan fingerprint density at radius 2 is 2.04 bits per heavy atom. The van der Waals surface area contributed by atoms with Crippen molar-refractivity contribution in [1.29, 1.82) is 0 Å². The van der Waals surface area contributed by atoms with E-state index in [1.165, 1.54) is 5.56 Å². The van der Waals surface area contributed by atoms with Crippen LogP contribution in [0.15, 0.2) is 48.5 Å². The van der Waals surface area contributed by atoms with Gasteiger partial charge in [-0.05, 0) is 42.3 Å². The normalized spacial score (nSPS) is 10.6. The number of aromatic carboxylic acids is 1. The number of carboxylic acid groups (broad SMARTS) is 1. The predicted octanol–water partition coefficient (Wildman–Crippen LogP) is 4.25. The molecule has 0 unspecified atom stereocenters. The Hall–Kier alpha value is -3.08. The van der Waals surface area contributed by atoms with E-state index < -0.39 is 5.97 Å². The van der Waals surface area contributed by atoms with Gasteiger partial charge in [0.25, 0.3) is 0 Å². The maximum atomic E-state index is 11.6. The van der Waals surface area contributed by atoms with Gasteiger partial charge < -0.3 is 15.2 Å². The van der Waals surface area contributed by atoms with Crippen molar-refractivity contribution in [1.82, 2.24) is 4.98 Å². The van der Waals surface area contributed by atoms with Gasteiger partial charge in [0.1, 0.15) is 17.1 Å². The fraction of sp³-hybridized carbons (Fsp3) is 0.158. The van der Waals surface area contributed by atoms with Crippen molar-refractivity contribution in [3.63, 3.8) is 0 Å². The molecule has 0 aliphatic carbocycles. The SMILES string of the molecule is CCc1cccc(Nc2nc3cc(OC)ccc3cc2C(=O)O)c1. The van der Waals surface area contributed by atoms with Gasteiger partial charge in [-0.1, -0.05) is 19.1 Å². The van der Waals surface area contributed by atoms with Crippen LogP contribution in [0.2, 0.25) is 0 Å². The smallest absolute Gasteiger partial charge is 0.339 e. The number of carbonyl (C=O) groups is 1. The monoisotopic (exact) mass is 322 g/mol. The minimum Gasteiger partial charge on any atom is -0.497 e. The summed E-state index contributed by atoms with van der Waals surface area (Å²) in [7, 11) is 1.59. The number of hydrogen-bond acceptors (Lipinski definition) is 4. The third kappa shape index (κ3) is 3.15. The van der Waals surface area contributed by atoms with Crippen LogP contribution < -0.4 is 10.1 Å². The molecule has 1 aromatic heterocycles. The van der Waals surface area contributed by atoms with Crippen molar-refractivity contribution in [3.8, 4) is 5.75 Å². The van der Waals surface area contributed by atoms with E-state index in [1.807, 2.05) is 24.3 Å². The number of nitrogens with zero attached hydrogens (tertiary/aromatic N) is 1. The molecule has 2 N–H and O–H groups in total. The Balaban J connectivity index is 2.09. The lowest BCUT2D eigenvalue weighted by atomic mass is 10.1. The minimum atomic E-state index is -1.02. The molecule has 3 aromatic rings. The Kier molecular flexibility index (Phi) is 4.33. The van der Waals surface area contributed by atoms with Crippen molar-refractivity contribution in [2.24, 2.45) is 0 Å². The van der Waals surface area contributed by atoms with E-state index in [0.29, 0.717) is 17.1 Å². The Morgan fingerprint density at radius 3 is 2.75 bits per heavy atom. The first kappa shape index (κ1) is 15.8. The van der Waals surface area contributed by atoms with Gasteiger partial charge in [-0.25, -0.2) is 9.78 Å². The van der Waals surface area contributed by atoms with Crippen LogP contribution in [0.5, 0.6) is 5.75 Å². The summed E-state index contributed by atoms with van der Waals surface area (Å²) >= 11 is 0. The van der Waals surface area contributed by atoms with Crippen molar-refractivity contribution < 1.29 is 14.6 Å². The summed E-state index contributed by atoms with van der Waals surface area (Å²) in [6.45, 7) is 2.07. The van der Waals surface area contributed by atoms with Gasteiger partial charge in [0.2, 0.25) is 0 Å². The second-order valence-electron chi connectivity index (χ2n) is 5.43. The third-order valence-corrected chi connectivity index (χ3v) is 3.85. The number of anilines is 2. The van der Waals surface area contributed by atoms with Crippen molar-refractivity contribution in [3.05, 3.63) is 59.7 Å². The van der Waals surface area contributed by atoms with E-state index in [9.17, 15) is 9.90 Å². The highest BCUT2D eigenvalue weighted by Gasteiger charge is 2.14. The molecule has 0 spiro atoms. The molecule has 0 atom stereocenters. The molecule has 5 heteroatoms. The van der Waals surface area contributed by atoms with Crippen LogP contribution in [0.25, 0.3) is 10.9 Å². The highest BCUT2D eigenvalue weighted by molar-refractivity contribution is 5.99. The molecule has 0 aliphatic heterocycles. The molecule has 0 aliphatic rings. The number of pyridine rings is 1. The molecule has 0 fully saturated rings. The van der Waals surface area contributed by atoms with E-state index in [0.717, 1.165) is 17.5 Å². The summed E-state index contributed by atoms with van der Waals surface area (Å²) < 4.78 is 5.21. The molecule has 0 amide bonds. The molecule has 1 heterocycles. The lowest BCUT2D eigenvalue weighted by molar-refractivity contribution is 0.0698. The highest BCUT2D eigenvalue weighted by Crippen LogP contribution is 2.26. The zero-order valence-electron chi connectivity index (χ0n) is 13.5. The van der Waals surface area contributed by atoms with Crippen LogP contribution >= 0.6 is 0 Å². The van der Waals surface area contributed by atoms with E-state index in [1.54, 1.807) is 31.4 Å². The molecule has 122 valence electrons. The Labute approximate surface area is 139 Å². The van der Waals surface area contributed by atoms with Crippen LogP contribution in [0, 0.1) is 0 Å². The molecule has 0 radical (unpaired) electrons. The van der Waals surface area contributed by atoms with E-state index >= 15 is 0 Å². The average molecular weight is 322 g/mol. The lowest BCUT2D eigenvalue weighted by Crippen LogP contribution is -2.05. The second kappa shape index (κ2) is 6.58. The molecule has 2 aromatic carbocycles. The first-order valence-electron chi connectivity index (χ1n) is 7.68. The molecule has 0 saturated carbocycles. The zero-order chi connectivity index (χ0) is 17.1. The fourth-order valence-corrected chi connectivity index (χ4v) is 2.54. The van der Waals surface area contributed by atoms with Gasteiger partial charge >= 0.3 is 5.97 Å². The van der Waals surface area contributed by atoms with Crippen LogP contribution in [-0.2, 0) is 6.42 Å². The summed E-state index contributed by atoms with van der Waals surface area (Å²) in [5, 5.41) is 13.4.